The molecule has 0 unspecified atom stereocenters. The topological polar surface area (TPSA) is 67.4 Å². The number of carbonyl (C=O) groups is 2. The molecule has 0 spiro atoms. The summed E-state index contributed by atoms with van der Waals surface area (Å²) in [5, 5.41) is 5.09. The van der Waals surface area contributed by atoms with Crippen LogP contribution in [0.25, 0.3) is 0 Å². The average Bonchev–Trinajstić information content (AvgIpc) is 2.34. The van der Waals surface area contributed by atoms with Crippen molar-refractivity contribution in [2.75, 3.05) is 18.5 Å². The van der Waals surface area contributed by atoms with E-state index < -0.39 is 0 Å². The number of carbonyl (C=O) groups excluding carboxylic acids is 2. The van der Waals surface area contributed by atoms with Gasteiger partial charge >= 0.3 is 0 Å². The van der Waals surface area contributed by atoms with Gasteiger partial charge in [-0.1, -0.05) is 18.1 Å². The van der Waals surface area contributed by atoms with Gasteiger partial charge in [0, 0.05) is 6.92 Å². The molecular weight excluding hydrogens is 232 g/mol. The van der Waals surface area contributed by atoms with Crippen LogP contribution >= 0.6 is 0 Å². The van der Waals surface area contributed by atoms with Crippen LogP contribution in [0, 0.1) is 12.3 Å². The van der Waals surface area contributed by atoms with Crippen LogP contribution in [0.3, 0.4) is 0 Å². The zero-order valence-electron chi connectivity index (χ0n) is 10.0. The third kappa shape index (κ3) is 4.58. The number of rotatable bonds is 5. The summed E-state index contributed by atoms with van der Waals surface area (Å²) in [6.07, 6.45) is 5.01. The number of nitrogens with one attached hydrogen (secondary N) is 2. The fraction of sp³-hybridized carbons (Fsp3) is 0.231. The van der Waals surface area contributed by atoms with Gasteiger partial charge in [0.25, 0.3) is 5.91 Å². The number of ether oxygens (including phenoxy) is 1. The Bertz CT molecular complexity index is 477. The number of terminal acetylenes is 1. The maximum atomic E-state index is 11.3. The lowest BCUT2D eigenvalue weighted by Crippen LogP contribution is -2.29. The van der Waals surface area contributed by atoms with Crippen LogP contribution < -0.4 is 15.4 Å². The molecular formula is C13H14N2O3. The van der Waals surface area contributed by atoms with Gasteiger partial charge in [-0.2, -0.15) is 0 Å². The van der Waals surface area contributed by atoms with Crippen molar-refractivity contribution in [3.05, 3.63) is 24.3 Å². The summed E-state index contributed by atoms with van der Waals surface area (Å²) in [4.78, 5) is 22.3. The van der Waals surface area contributed by atoms with E-state index in [9.17, 15) is 9.59 Å². The molecule has 0 fully saturated rings. The van der Waals surface area contributed by atoms with Crippen molar-refractivity contribution in [2.45, 2.75) is 6.92 Å². The third-order valence-corrected chi connectivity index (χ3v) is 1.94. The van der Waals surface area contributed by atoms with Crippen LogP contribution in [0.5, 0.6) is 5.75 Å². The van der Waals surface area contributed by atoms with E-state index in [1.54, 1.807) is 24.3 Å². The Labute approximate surface area is 106 Å². The molecule has 2 N–H and O–H groups in total. The molecule has 1 rings (SSSR count). The summed E-state index contributed by atoms with van der Waals surface area (Å²) >= 11 is 0. The minimum Gasteiger partial charge on any atom is -0.482 e. The molecule has 5 nitrogen and oxygen atoms in total. The van der Waals surface area contributed by atoms with E-state index in [2.05, 4.69) is 16.6 Å². The van der Waals surface area contributed by atoms with E-state index in [4.69, 9.17) is 11.2 Å². The molecule has 1 aromatic carbocycles. The van der Waals surface area contributed by atoms with Crippen molar-refractivity contribution in [1.82, 2.24) is 5.32 Å². The van der Waals surface area contributed by atoms with Crippen LogP contribution in [0.15, 0.2) is 24.3 Å². The molecule has 0 saturated carbocycles. The van der Waals surface area contributed by atoms with Crippen LogP contribution in [-0.4, -0.2) is 25.0 Å². The minimum atomic E-state index is -0.314. The number of hydrogen-bond donors (Lipinski definition) is 2. The standard InChI is InChI=1S/C13H14N2O3/c1-3-8-14-13(17)9-18-12-7-5-4-6-11(12)15-10(2)16/h1,4-7H,8-9H2,2H3,(H,14,17)(H,15,16). The van der Waals surface area contributed by atoms with E-state index in [1.165, 1.54) is 6.92 Å². The fourth-order valence-corrected chi connectivity index (χ4v) is 1.23. The number of benzene rings is 1. The lowest BCUT2D eigenvalue weighted by Gasteiger charge is -2.11. The predicted octanol–water partition coefficient (Wildman–Crippen LogP) is 0.773. The van der Waals surface area contributed by atoms with E-state index in [-0.39, 0.29) is 25.0 Å². The summed E-state index contributed by atoms with van der Waals surface area (Å²) in [6.45, 7) is 1.41. The summed E-state index contributed by atoms with van der Waals surface area (Å²) in [5.41, 5.74) is 0.523. The molecule has 0 heterocycles. The van der Waals surface area contributed by atoms with Crippen LogP contribution in [0.2, 0.25) is 0 Å². The second-order valence-corrected chi connectivity index (χ2v) is 3.45. The highest BCUT2D eigenvalue weighted by Gasteiger charge is 2.06. The van der Waals surface area contributed by atoms with Crippen molar-refractivity contribution in [1.29, 1.82) is 0 Å². The smallest absolute Gasteiger partial charge is 0.258 e. The van der Waals surface area contributed by atoms with Crippen LogP contribution in [0.4, 0.5) is 5.69 Å². The molecule has 0 saturated heterocycles. The van der Waals surface area contributed by atoms with Gasteiger partial charge in [0.2, 0.25) is 5.91 Å². The predicted molar refractivity (Wildman–Crippen MR) is 68.1 cm³/mol. The molecule has 0 aliphatic heterocycles. The normalized spacial score (nSPS) is 9.11. The van der Waals surface area contributed by atoms with E-state index in [1.807, 2.05) is 0 Å². The lowest BCUT2D eigenvalue weighted by atomic mass is 10.3. The molecule has 0 atom stereocenters. The maximum Gasteiger partial charge on any atom is 0.258 e. The van der Waals surface area contributed by atoms with Gasteiger partial charge < -0.3 is 15.4 Å². The van der Waals surface area contributed by atoms with Gasteiger partial charge in [-0.3, -0.25) is 9.59 Å². The van der Waals surface area contributed by atoms with E-state index in [0.29, 0.717) is 11.4 Å². The molecule has 2 amide bonds. The first-order chi connectivity index (χ1) is 8.63. The fourth-order valence-electron chi connectivity index (χ4n) is 1.23. The second kappa shape index (κ2) is 6.97. The van der Waals surface area contributed by atoms with Crippen molar-refractivity contribution >= 4 is 17.5 Å². The summed E-state index contributed by atoms with van der Waals surface area (Å²) in [6, 6.07) is 6.87. The average molecular weight is 246 g/mol. The largest absolute Gasteiger partial charge is 0.482 e. The molecule has 0 aliphatic carbocycles. The van der Waals surface area contributed by atoms with Crippen molar-refractivity contribution in [3.63, 3.8) is 0 Å². The Morgan fingerprint density at radius 2 is 2.11 bits per heavy atom. The summed E-state index contributed by atoms with van der Waals surface area (Å²) in [5.74, 6) is 2.20. The molecule has 0 bridgehead atoms. The quantitative estimate of drug-likeness (QED) is 0.754. The third-order valence-electron chi connectivity index (χ3n) is 1.94. The van der Waals surface area contributed by atoms with Gasteiger partial charge in [-0.05, 0) is 12.1 Å². The molecule has 0 aromatic heterocycles. The van der Waals surface area contributed by atoms with E-state index in [0.717, 1.165) is 0 Å². The Hall–Kier alpha value is -2.48. The second-order valence-electron chi connectivity index (χ2n) is 3.45. The monoisotopic (exact) mass is 246 g/mol. The van der Waals surface area contributed by atoms with Crippen molar-refractivity contribution in [2.24, 2.45) is 0 Å². The Morgan fingerprint density at radius 1 is 1.39 bits per heavy atom. The van der Waals surface area contributed by atoms with E-state index >= 15 is 0 Å². The van der Waals surface area contributed by atoms with Crippen LogP contribution in [-0.2, 0) is 9.59 Å². The number of hydrogen-bond acceptors (Lipinski definition) is 3. The van der Waals surface area contributed by atoms with Gasteiger partial charge in [-0.15, -0.1) is 6.42 Å². The highest BCUT2D eigenvalue weighted by atomic mass is 16.5. The Balaban J connectivity index is 2.59. The molecule has 0 aliphatic rings. The van der Waals surface area contributed by atoms with Gasteiger partial charge in [0.05, 0.1) is 12.2 Å². The minimum absolute atomic E-state index is 0.154. The first-order valence-electron chi connectivity index (χ1n) is 5.33. The van der Waals surface area contributed by atoms with Crippen molar-refractivity contribution in [3.8, 4) is 18.1 Å². The van der Waals surface area contributed by atoms with Gasteiger partial charge in [0.1, 0.15) is 5.75 Å². The first kappa shape index (κ1) is 13.6. The Kier molecular flexibility index (Phi) is 5.26. The Morgan fingerprint density at radius 3 is 2.78 bits per heavy atom. The molecule has 94 valence electrons. The molecule has 0 radical (unpaired) electrons. The van der Waals surface area contributed by atoms with Crippen LogP contribution in [0.1, 0.15) is 6.92 Å². The first-order valence-corrected chi connectivity index (χ1v) is 5.33. The zero-order valence-corrected chi connectivity index (χ0v) is 10.0. The summed E-state index contributed by atoms with van der Waals surface area (Å²) < 4.78 is 5.30. The number of amides is 2. The maximum absolute atomic E-state index is 11.3. The highest BCUT2D eigenvalue weighted by Crippen LogP contribution is 2.23. The number of para-hydroxylation sites is 2. The number of anilines is 1. The van der Waals surface area contributed by atoms with Crippen molar-refractivity contribution < 1.29 is 14.3 Å². The molecule has 1 aromatic rings. The lowest BCUT2D eigenvalue weighted by molar-refractivity contribution is -0.122. The molecule has 18 heavy (non-hydrogen) atoms. The van der Waals surface area contributed by atoms with Gasteiger partial charge in [0.15, 0.2) is 6.61 Å². The summed E-state index contributed by atoms with van der Waals surface area (Å²) in [7, 11) is 0. The highest BCUT2D eigenvalue weighted by molar-refractivity contribution is 5.90. The SMILES string of the molecule is C#CCNC(=O)COc1ccccc1NC(C)=O. The van der Waals surface area contributed by atoms with Gasteiger partial charge in [-0.25, -0.2) is 0 Å². The zero-order chi connectivity index (χ0) is 13.4. The molecule has 5 heteroatoms.